The second-order valence-electron chi connectivity index (χ2n) is 7.17. The van der Waals surface area contributed by atoms with Gasteiger partial charge >= 0.3 is 0 Å². The molecule has 2 heterocycles. The van der Waals surface area contributed by atoms with Crippen molar-refractivity contribution in [2.24, 2.45) is 5.16 Å². The summed E-state index contributed by atoms with van der Waals surface area (Å²) in [6, 6.07) is 15.8. The molecule has 4 rings (SSSR count). The van der Waals surface area contributed by atoms with Crippen molar-refractivity contribution in [1.29, 1.82) is 0 Å². The van der Waals surface area contributed by atoms with E-state index in [1.807, 2.05) is 30.3 Å². The molecule has 2 aromatic carbocycles. The molecule has 0 aliphatic carbocycles. The van der Waals surface area contributed by atoms with Crippen molar-refractivity contribution in [2.45, 2.75) is 13.3 Å². The van der Waals surface area contributed by atoms with E-state index in [0.717, 1.165) is 55.4 Å². The van der Waals surface area contributed by atoms with Crippen LogP contribution in [0.3, 0.4) is 0 Å². The van der Waals surface area contributed by atoms with Crippen molar-refractivity contribution in [3.05, 3.63) is 59.0 Å². The topological polar surface area (TPSA) is 59.3 Å². The lowest BCUT2D eigenvalue weighted by molar-refractivity contribution is 0.262. The molecule has 0 bridgehead atoms. The Morgan fingerprint density at radius 1 is 1.04 bits per heavy atom. The minimum atomic E-state index is 0.339. The molecule has 2 N–H and O–H groups in total. The maximum atomic E-state index is 10.1. The highest BCUT2D eigenvalue weighted by atomic mass is 32.1. The van der Waals surface area contributed by atoms with Crippen molar-refractivity contribution >= 4 is 32.8 Å². The van der Waals surface area contributed by atoms with Crippen LogP contribution in [-0.2, 0) is 0 Å². The van der Waals surface area contributed by atoms with E-state index in [-0.39, 0.29) is 0 Å². The van der Waals surface area contributed by atoms with Crippen molar-refractivity contribution in [1.82, 2.24) is 4.90 Å². The van der Waals surface area contributed by atoms with Crippen LogP contribution in [0.25, 0.3) is 10.1 Å². The van der Waals surface area contributed by atoms with Crippen LogP contribution in [0.2, 0.25) is 0 Å². The lowest BCUT2D eigenvalue weighted by Crippen LogP contribution is -2.47. The number of rotatable bonds is 5. The molecule has 1 fully saturated rings. The van der Waals surface area contributed by atoms with Crippen molar-refractivity contribution in [3.8, 4) is 5.75 Å². The summed E-state index contributed by atoms with van der Waals surface area (Å²) in [5, 5.41) is 24.5. The van der Waals surface area contributed by atoms with Gasteiger partial charge in [0.15, 0.2) is 0 Å². The third-order valence-electron chi connectivity index (χ3n) is 5.49. The van der Waals surface area contributed by atoms with Crippen LogP contribution in [0, 0.1) is 6.92 Å². The molecule has 0 atom stereocenters. The number of thiophene rings is 1. The molecule has 3 aromatic rings. The number of para-hydroxylation sites is 2. The molecule has 0 radical (unpaired) electrons. The Labute approximate surface area is 169 Å². The second-order valence-corrected chi connectivity index (χ2v) is 8.22. The molecule has 6 heteroatoms. The van der Waals surface area contributed by atoms with E-state index < -0.39 is 0 Å². The molecule has 1 aliphatic heterocycles. The molecule has 0 amide bonds. The Bertz CT molecular complexity index is 990. The number of hydrogen-bond donors (Lipinski definition) is 2. The van der Waals surface area contributed by atoms with Gasteiger partial charge in [-0.05, 0) is 36.1 Å². The van der Waals surface area contributed by atoms with Crippen LogP contribution in [-0.4, -0.2) is 53.6 Å². The number of fused-ring (bicyclic) bond motifs is 1. The fourth-order valence-electron chi connectivity index (χ4n) is 3.87. The molecular formula is C22H25N3O2S. The monoisotopic (exact) mass is 395 g/mol. The van der Waals surface area contributed by atoms with E-state index in [1.54, 1.807) is 17.4 Å². The van der Waals surface area contributed by atoms with E-state index >= 15 is 0 Å². The van der Waals surface area contributed by atoms with Crippen LogP contribution in [0.5, 0.6) is 5.75 Å². The van der Waals surface area contributed by atoms with Gasteiger partial charge in [0, 0.05) is 43.8 Å². The first-order valence-corrected chi connectivity index (χ1v) is 10.4. The molecule has 146 valence electrons. The SMILES string of the molecule is Cc1c(/C(CCN2CCN(c3ccccc3O)CC2)=N/O)sc2ccccc12. The molecule has 1 saturated heterocycles. The molecule has 1 aliphatic rings. The Morgan fingerprint density at radius 2 is 1.75 bits per heavy atom. The molecule has 0 saturated carbocycles. The summed E-state index contributed by atoms with van der Waals surface area (Å²) in [5.41, 5.74) is 2.86. The van der Waals surface area contributed by atoms with Gasteiger partial charge < -0.3 is 15.2 Å². The van der Waals surface area contributed by atoms with Gasteiger partial charge in [0.1, 0.15) is 5.75 Å². The molecule has 1 aromatic heterocycles. The highest BCUT2D eigenvalue weighted by Gasteiger charge is 2.20. The van der Waals surface area contributed by atoms with Gasteiger partial charge in [0.25, 0.3) is 0 Å². The first-order valence-electron chi connectivity index (χ1n) is 9.62. The van der Waals surface area contributed by atoms with E-state index in [1.165, 1.54) is 15.6 Å². The number of aryl methyl sites for hydroxylation is 1. The highest BCUT2D eigenvalue weighted by Crippen LogP contribution is 2.32. The van der Waals surface area contributed by atoms with E-state index in [4.69, 9.17) is 0 Å². The van der Waals surface area contributed by atoms with Gasteiger partial charge in [0.2, 0.25) is 0 Å². The number of oxime groups is 1. The van der Waals surface area contributed by atoms with Crippen LogP contribution in [0.4, 0.5) is 5.69 Å². The minimum absolute atomic E-state index is 0.339. The second kappa shape index (κ2) is 8.20. The van der Waals surface area contributed by atoms with Gasteiger partial charge in [-0.1, -0.05) is 35.5 Å². The van der Waals surface area contributed by atoms with Crippen LogP contribution in [0.1, 0.15) is 16.9 Å². The predicted molar refractivity (Wildman–Crippen MR) is 116 cm³/mol. The summed E-state index contributed by atoms with van der Waals surface area (Å²) in [7, 11) is 0. The largest absolute Gasteiger partial charge is 0.506 e. The summed E-state index contributed by atoms with van der Waals surface area (Å²) in [6.07, 6.45) is 0.723. The normalized spacial score (nSPS) is 16.0. The van der Waals surface area contributed by atoms with Gasteiger partial charge in [-0.25, -0.2) is 0 Å². The third kappa shape index (κ3) is 3.70. The standard InChI is InChI=1S/C22H25N3O2S/c1-16-17-6-2-5-9-21(17)28-22(16)18(23-27)10-11-24-12-14-25(15-13-24)19-7-3-4-8-20(19)26/h2-9,26-27H,10-15H2,1H3/b23-18+. The quantitative estimate of drug-likeness (QED) is 0.384. The zero-order chi connectivity index (χ0) is 19.5. The molecule has 0 unspecified atom stereocenters. The molecule has 0 spiro atoms. The Morgan fingerprint density at radius 3 is 2.46 bits per heavy atom. The number of phenolic OH excluding ortho intramolecular Hbond substituents is 1. The molecule has 5 nitrogen and oxygen atoms in total. The zero-order valence-corrected chi connectivity index (χ0v) is 16.8. The Kier molecular flexibility index (Phi) is 5.50. The number of anilines is 1. The van der Waals surface area contributed by atoms with Crippen molar-refractivity contribution < 1.29 is 10.3 Å². The van der Waals surface area contributed by atoms with Gasteiger partial charge in [0.05, 0.1) is 16.3 Å². The molecule has 28 heavy (non-hydrogen) atoms. The van der Waals surface area contributed by atoms with E-state index in [9.17, 15) is 10.3 Å². The predicted octanol–water partition coefficient (Wildman–Crippen LogP) is 4.31. The van der Waals surface area contributed by atoms with Crippen LogP contribution in [0.15, 0.2) is 53.7 Å². The number of hydrogen-bond acceptors (Lipinski definition) is 6. The Hall–Kier alpha value is -2.57. The number of phenols is 1. The number of piperazine rings is 1. The summed E-state index contributed by atoms with van der Waals surface area (Å²) in [6.45, 7) is 6.58. The number of aromatic hydroxyl groups is 1. The fourth-order valence-corrected chi connectivity index (χ4v) is 5.09. The maximum Gasteiger partial charge on any atom is 0.138 e. The average Bonchev–Trinajstić information content (AvgIpc) is 3.06. The number of nitrogens with zero attached hydrogens (tertiary/aromatic N) is 3. The smallest absolute Gasteiger partial charge is 0.138 e. The van der Waals surface area contributed by atoms with Crippen molar-refractivity contribution in [3.63, 3.8) is 0 Å². The van der Waals surface area contributed by atoms with Crippen LogP contribution < -0.4 is 4.90 Å². The first kappa shape index (κ1) is 18.8. The highest BCUT2D eigenvalue weighted by molar-refractivity contribution is 7.21. The van der Waals surface area contributed by atoms with E-state index in [2.05, 4.69) is 34.0 Å². The first-order chi connectivity index (χ1) is 13.7. The zero-order valence-electron chi connectivity index (χ0n) is 16.0. The average molecular weight is 396 g/mol. The van der Waals surface area contributed by atoms with Crippen molar-refractivity contribution in [2.75, 3.05) is 37.6 Å². The number of benzene rings is 2. The molecular weight excluding hydrogens is 370 g/mol. The summed E-state index contributed by atoms with van der Waals surface area (Å²) >= 11 is 1.70. The lowest BCUT2D eigenvalue weighted by atomic mass is 10.1. The van der Waals surface area contributed by atoms with Gasteiger partial charge in [-0.2, -0.15) is 0 Å². The lowest BCUT2D eigenvalue weighted by Gasteiger charge is -2.36. The Balaban J connectivity index is 1.38. The maximum absolute atomic E-state index is 10.1. The minimum Gasteiger partial charge on any atom is -0.506 e. The van der Waals surface area contributed by atoms with Gasteiger partial charge in [-0.3, -0.25) is 4.90 Å². The van der Waals surface area contributed by atoms with Crippen LogP contribution >= 0.6 is 11.3 Å². The summed E-state index contributed by atoms with van der Waals surface area (Å²) < 4.78 is 1.23. The van der Waals surface area contributed by atoms with E-state index in [0.29, 0.717) is 5.75 Å². The summed E-state index contributed by atoms with van der Waals surface area (Å²) in [4.78, 5) is 5.70. The van der Waals surface area contributed by atoms with Gasteiger partial charge in [-0.15, -0.1) is 11.3 Å². The fraction of sp³-hybridized carbons (Fsp3) is 0.318. The summed E-state index contributed by atoms with van der Waals surface area (Å²) in [5.74, 6) is 0.339. The third-order valence-corrected chi connectivity index (χ3v) is 6.81.